The van der Waals surface area contributed by atoms with Crippen molar-refractivity contribution in [3.63, 3.8) is 0 Å². The van der Waals surface area contributed by atoms with E-state index in [0.717, 1.165) is 18.9 Å². The quantitative estimate of drug-likeness (QED) is 0.0698. The van der Waals surface area contributed by atoms with Crippen LogP contribution >= 0.6 is 11.8 Å². The molecular weight excluding hydrogens is 871 g/mol. The highest BCUT2D eigenvalue weighted by Crippen LogP contribution is 2.45. The number of hydrogen-bond acceptors (Lipinski definition) is 15. The second-order valence-electron chi connectivity index (χ2n) is 14.7. The molecule has 3 aromatic rings. The molecule has 1 aliphatic carbocycles. The van der Waals surface area contributed by atoms with Crippen LogP contribution in [-0.2, 0) is 44.4 Å². The van der Waals surface area contributed by atoms with E-state index in [0.29, 0.717) is 34.1 Å². The molecule has 6 unspecified atom stereocenters. The highest BCUT2D eigenvalue weighted by atomic mass is 32.8. The molecule has 5 rings (SSSR count). The molecular formula is C44H51N5O11S3. The van der Waals surface area contributed by atoms with Crippen molar-refractivity contribution in [2.75, 3.05) is 38.5 Å². The molecule has 1 fully saturated rings. The first kappa shape index (κ1) is 48.9. The van der Waals surface area contributed by atoms with Gasteiger partial charge in [0.25, 0.3) is 0 Å². The van der Waals surface area contributed by atoms with Gasteiger partial charge in [-0.15, -0.1) is 27.1 Å². The minimum absolute atomic E-state index is 0.0188. The third-order valence-electron chi connectivity index (χ3n) is 10.3. The Bertz CT molecular complexity index is 2480. The van der Waals surface area contributed by atoms with Crippen molar-refractivity contribution in [1.82, 2.24) is 25.9 Å². The lowest BCUT2D eigenvalue weighted by molar-refractivity contribution is -0.271. The lowest BCUT2D eigenvalue weighted by Crippen LogP contribution is -2.68. The third kappa shape index (κ3) is 11.2. The molecule has 2 amide bonds. The normalized spacial score (nSPS) is 24.1. The standard InChI is InChI=1S/C44H51N5O11S3/c1-8-9-10-11-12-13-33(34-28(17-21-63(7)61)31(51)23-32(52)36(34)49-43(56)57-5)59-41-38(60-42(55)47-20-19-45-24(2)3)40(54)44(62-6,25(4)58-41)39(53)37-35-27(16-18-46-37)29-22-26(50)14-15-30(29)48-35/h10-11,14-18,22,24-25,31,33,38,40-41,45,48,50-51,54H,19-21,23H2,1-7H3,(H,47,55)(H,49,56)/b11-10-,28-17-/t25?,31-,33-,38?,40?,41?,44?,63?/m0/s1. The van der Waals surface area contributed by atoms with Crippen molar-refractivity contribution in [2.24, 2.45) is 0 Å². The van der Waals surface area contributed by atoms with Gasteiger partial charge in [-0.05, 0) is 68.3 Å². The minimum atomic E-state index is -1.90. The van der Waals surface area contributed by atoms with Gasteiger partial charge in [-0.2, -0.15) is 0 Å². The molecule has 336 valence electrons. The minimum Gasteiger partial charge on any atom is -0.508 e. The topological polar surface area (TPSA) is 231 Å². The average Bonchev–Trinajstić information content (AvgIpc) is 3.61. The summed E-state index contributed by atoms with van der Waals surface area (Å²) in [7, 11) is 0.527. The van der Waals surface area contributed by atoms with Crippen molar-refractivity contribution >= 4 is 78.0 Å². The van der Waals surface area contributed by atoms with E-state index in [1.54, 1.807) is 50.6 Å². The maximum Gasteiger partial charge on any atom is 0.411 e. The number of benzene rings is 1. The summed E-state index contributed by atoms with van der Waals surface area (Å²) in [6.45, 7) is 7.58. The van der Waals surface area contributed by atoms with Crippen molar-refractivity contribution < 1.29 is 53.4 Å². The smallest absolute Gasteiger partial charge is 0.411 e. The Kier molecular flexibility index (Phi) is 17.1. The maximum absolute atomic E-state index is 15.1. The number of aromatic hydroxyl groups is 1. The molecule has 3 heterocycles. The Balaban J connectivity index is 1.67. The van der Waals surface area contributed by atoms with Gasteiger partial charge in [0.2, 0.25) is 5.78 Å². The number of carbonyl (C=O) groups is 4. The van der Waals surface area contributed by atoms with E-state index >= 15 is 4.79 Å². The van der Waals surface area contributed by atoms with E-state index in [4.69, 9.17) is 30.1 Å². The number of amides is 2. The van der Waals surface area contributed by atoms with E-state index in [2.05, 4.69) is 49.6 Å². The molecule has 1 saturated heterocycles. The third-order valence-corrected chi connectivity index (χ3v) is 12.7. The fraction of sp³-hybridized carbons (Fsp3) is 0.432. The summed E-state index contributed by atoms with van der Waals surface area (Å²) in [5.41, 5.74) is 0.746. The molecule has 1 aromatic carbocycles. The van der Waals surface area contributed by atoms with E-state index in [-0.39, 0.29) is 40.9 Å². The SMILES string of the molecule is CC#C/C=C\C#C[C@H](OC1OC(C)C(SC)(C(=O)c2nccc3c2[nH]c2ccc(O)cc23)C(O)C1OC(=O)NCCNC(C)C)C1=C(NC(=O)OC)C(=O)C[C@H](O)/C1=C/CS(C)=S. The van der Waals surface area contributed by atoms with Crippen LogP contribution in [0.5, 0.6) is 5.75 Å². The number of phenols is 1. The molecule has 2 aliphatic rings. The number of carbonyl (C=O) groups excluding carboxylic acids is 4. The van der Waals surface area contributed by atoms with Gasteiger partial charge in [0.05, 0.1) is 30.5 Å². The predicted octanol–water partition coefficient (Wildman–Crippen LogP) is 3.45. The monoisotopic (exact) mass is 921 g/mol. The van der Waals surface area contributed by atoms with Crippen molar-refractivity contribution in [3.8, 4) is 29.4 Å². The summed E-state index contributed by atoms with van der Waals surface area (Å²) in [4.78, 5) is 62.7. The Morgan fingerprint density at radius 3 is 2.59 bits per heavy atom. The average molecular weight is 922 g/mol. The summed E-state index contributed by atoms with van der Waals surface area (Å²) in [5, 5.41) is 43.7. The number of phenolic OH excluding ortho intramolecular Hbond substituents is 1. The van der Waals surface area contributed by atoms with Crippen LogP contribution in [0.3, 0.4) is 0 Å². The van der Waals surface area contributed by atoms with Crippen LogP contribution in [0.4, 0.5) is 9.59 Å². The number of nitrogens with one attached hydrogen (secondary N) is 4. The van der Waals surface area contributed by atoms with E-state index < -0.39 is 81.2 Å². The zero-order chi connectivity index (χ0) is 46.0. The first-order valence-corrected chi connectivity index (χ1v) is 23.8. The number of allylic oxidation sites excluding steroid dienone is 3. The van der Waals surface area contributed by atoms with Crippen molar-refractivity contribution in [1.29, 1.82) is 0 Å². The van der Waals surface area contributed by atoms with Gasteiger partial charge in [-0.25, -0.2) is 9.59 Å². The molecule has 0 saturated carbocycles. The van der Waals surface area contributed by atoms with Crippen LogP contribution < -0.4 is 16.0 Å². The number of aliphatic hydroxyl groups is 2. The van der Waals surface area contributed by atoms with Crippen LogP contribution in [-0.4, -0.2) is 135 Å². The molecule has 0 radical (unpaired) electrons. The van der Waals surface area contributed by atoms with E-state index in [1.807, 2.05) is 13.8 Å². The number of aromatic amines is 1. The van der Waals surface area contributed by atoms with E-state index in [9.17, 15) is 29.7 Å². The highest BCUT2D eigenvalue weighted by molar-refractivity contribution is 8.28. The molecule has 7 N–H and O–H groups in total. The Labute approximate surface area is 376 Å². The Morgan fingerprint density at radius 1 is 1.16 bits per heavy atom. The maximum atomic E-state index is 15.1. The molecule has 0 spiro atoms. The van der Waals surface area contributed by atoms with Gasteiger partial charge in [0, 0.05) is 59.4 Å². The number of alkyl carbamates (subject to hydrolysis) is 2. The molecule has 63 heavy (non-hydrogen) atoms. The van der Waals surface area contributed by atoms with Gasteiger partial charge >= 0.3 is 12.2 Å². The fourth-order valence-corrected chi connectivity index (χ4v) is 8.95. The molecule has 0 bridgehead atoms. The molecule has 19 heteroatoms. The van der Waals surface area contributed by atoms with Crippen molar-refractivity contribution in [3.05, 3.63) is 71.2 Å². The number of rotatable bonds is 14. The zero-order valence-corrected chi connectivity index (χ0v) is 38.2. The van der Waals surface area contributed by atoms with Gasteiger partial charge in [0.15, 0.2) is 18.2 Å². The zero-order valence-electron chi connectivity index (χ0n) is 35.8. The first-order chi connectivity index (χ1) is 30.1. The summed E-state index contributed by atoms with van der Waals surface area (Å²) < 4.78 is 22.0. The number of hydrogen-bond donors (Lipinski definition) is 7. The van der Waals surface area contributed by atoms with E-state index in [1.165, 1.54) is 24.4 Å². The van der Waals surface area contributed by atoms with Crippen LogP contribution in [0.25, 0.3) is 21.8 Å². The number of nitrogens with zero attached hydrogens (tertiary/aromatic N) is 1. The lowest BCUT2D eigenvalue weighted by Gasteiger charge is -2.49. The van der Waals surface area contributed by atoms with Gasteiger partial charge in [-0.1, -0.05) is 48.9 Å². The first-order valence-electron chi connectivity index (χ1n) is 19.8. The molecule has 2 aromatic heterocycles. The number of pyridine rings is 1. The van der Waals surface area contributed by atoms with Crippen LogP contribution in [0.15, 0.2) is 65.5 Å². The van der Waals surface area contributed by atoms with Gasteiger partial charge < -0.3 is 49.9 Å². The van der Waals surface area contributed by atoms with Gasteiger partial charge in [-0.3, -0.25) is 19.9 Å². The number of methoxy groups -OCH3 is 1. The lowest BCUT2D eigenvalue weighted by atomic mass is 9.82. The van der Waals surface area contributed by atoms with Crippen LogP contribution in [0.1, 0.15) is 44.6 Å². The summed E-state index contributed by atoms with van der Waals surface area (Å²) in [5.74, 6) is 10.2. The Morgan fingerprint density at radius 2 is 1.90 bits per heavy atom. The summed E-state index contributed by atoms with van der Waals surface area (Å²) in [6, 6.07) is 6.54. The second-order valence-corrected chi connectivity index (χ2v) is 19.0. The van der Waals surface area contributed by atoms with Gasteiger partial charge in [0.1, 0.15) is 28.4 Å². The number of ketones is 2. The molecule has 8 atom stereocenters. The summed E-state index contributed by atoms with van der Waals surface area (Å²) >= 11 is 6.40. The highest BCUT2D eigenvalue weighted by Gasteiger charge is 2.61. The number of ether oxygens (including phenoxy) is 4. The largest absolute Gasteiger partial charge is 0.508 e. The number of H-pyrrole nitrogens is 1. The molecule has 1 aliphatic heterocycles. The fourth-order valence-electron chi connectivity index (χ4n) is 7.29. The number of fused-ring (bicyclic) bond motifs is 3. The summed E-state index contributed by atoms with van der Waals surface area (Å²) in [6.07, 6.45) is -2.44. The number of aromatic nitrogens is 2. The second kappa shape index (κ2) is 22.0. The number of thioether (sulfide) groups is 1. The van der Waals surface area contributed by atoms with Crippen molar-refractivity contribution in [2.45, 2.75) is 81.7 Å². The predicted molar refractivity (Wildman–Crippen MR) is 245 cm³/mol. The van der Waals surface area contributed by atoms with Crippen LogP contribution in [0.2, 0.25) is 0 Å². The van der Waals surface area contributed by atoms with Crippen LogP contribution in [0, 0.1) is 23.7 Å². The Hall–Kier alpha value is -5.09. The molecule has 16 nitrogen and oxygen atoms in total. The number of Topliss-reactive ketones (excluding diaryl/α,β-unsaturated/α-hetero) is 2. The number of aliphatic hydroxyl groups excluding tert-OH is 2.